The van der Waals surface area contributed by atoms with Gasteiger partial charge in [-0.1, -0.05) is 30.3 Å². The van der Waals surface area contributed by atoms with Crippen LogP contribution in [-0.2, 0) is 0 Å². The van der Waals surface area contributed by atoms with Gasteiger partial charge in [-0.25, -0.2) is 0 Å². The van der Waals surface area contributed by atoms with Crippen LogP contribution in [0.25, 0.3) is 11.0 Å². The van der Waals surface area contributed by atoms with Crippen molar-refractivity contribution < 1.29 is 13.9 Å². The number of para-hydroxylation sites is 1. The zero-order valence-electron chi connectivity index (χ0n) is 12.1. The normalized spacial score (nSPS) is 10.8. The molecule has 0 aliphatic carbocycles. The van der Waals surface area contributed by atoms with E-state index in [2.05, 4.69) is 0 Å². The molecule has 3 nitrogen and oxygen atoms in total. The topological polar surface area (TPSA) is 39.4 Å². The second-order valence-electron chi connectivity index (χ2n) is 4.89. The summed E-state index contributed by atoms with van der Waals surface area (Å²) in [4.78, 5) is 12.5. The maximum atomic E-state index is 12.5. The van der Waals surface area contributed by atoms with Gasteiger partial charge in [0, 0.05) is 10.9 Å². The van der Waals surface area contributed by atoms with Crippen molar-refractivity contribution in [3.63, 3.8) is 0 Å². The second kappa shape index (κ2) is 5.44. The van der Waals surface area contributed by atoms with E-state index in [1.54, 1.807) is 18.2 Å². The lowest BCUT2D eigenvalue weighted by Crippen LogP contribution is -2.00. The first-order chi connectivity index (χ1) is 10.2. The molecule has 2 aromatic carbocycles. The molecule has 0 fully saturated rings. The quantitative estimate of drug-likeness (QED) is 0.666. The lowest BCUT2D eigenvalue weighted by atomic mass is 10.1. The molecule has 0 amide bonds. The van der Waals surface area contributed by atoms with Gasteiger partial charge in [0.25, 0.3) is 0 Å². The van der Waals surface area contributed by atoms with Crippen molar-refractivity contribution in [2.75, 3.05) is 6.61 Å². The van der Waals surface area contributed by atoms with E-state index >= 15 is 0 Å². The summed E-state index contributed by atoms with van der Waals surface area (Å²) < 4.78 is 11.2. The van der Waals surface area contributed by atoms with Gasteiger partial charge in [0.2, 0.25) is 5.78 Å². The molecule has 3 heteroatoms. The molecule has 0 aliphatic rings. The fraction of sp³-hybridized carbons (Fsp3) is 0.167. The van der Waals surface area contributed by atoms with Crippen LogP contribution in [0.5, 0.6) is 5.75 Å². The van der Waals surface area contributed by atoms with Crippen LogP contribution in [0.1, 0.15) is 28.6 Å². The lowest BCUT2D eigenvalue weighted by Gasteiger charge is -2.04. The third kappa shape index (κ3) is 2.55. The Kier molecular flexibility index (Phi) is 3.48. The molecule has 0 spiro atoms. The van der Waals surface area contributed by atoms with Gasteiger partial charge in [-0.3, -0.25) is 4.79 Å². The number of hydrogen-bond donors (Lipinski definition) is 0. The number of ether oxygens (including phenoxy) is 1. The van der Waals surface area contributed by atoms with Crippen LogP contribution >= 0.6 is 0 Å². The molecule has 0 aliphatic heterocycles. The van der Waals surface area contributed by atoms with E-state index in [1.165, 1.54) is 0 Å². The van der Waals surface area contributed by atoms with E-state index in [1.807, 2.05) is 44.2 Å². The Morgan fingerprint density at radius 1 is 1.14 bits per heavy atom. The van der Waals surface area contributed by atoms with Gasteiger partial charge in [0.1, 0.15) is 11.3 Å². The molecule has 0 saturated heterocycles. The Morgan fingerprint density at radius 2 is 1.95 bits per heavy atom. The van der Waals surface area contributed by atoms with Gasteiger partial charge in [0.05, 0.1) is 6.61 Å². The SMILES string of the molecule is CCOc1cccc(C(=O)c2cc3cccc(C)c3o2)c1. The number of hydrogen-bond acceptors (Lipinski definition) is 3. The molecule has 3 rings (SSSR count). The standard InChI is InChI=1S/C18H16O3/c1-3-20-15-9-5-7-13(10-15)17(19)16-11-14-8-4-6-12(2)18(14)21-16/h4-11H,3H2,1-2H3. The summed E-state index contributed by atoms with van der Waals surface area (Å²) in [5.74, 6) is 0.913. The number of rotatable bonds is 4. The highest BCUT2D eigenvalue weighted by Crippen LogP contribution is 2.25. The van der Waals surface area contributed by atoms with Crippen molar-refractivity contribution in [2.45, 2.75) is 13.8 Å². The summed E-state index contributed by atoms with van der Waals surface area (Å²) in [5, 5.41) is 0.944. The van der Waals surface area contributed by atoms with Crippen LogP contribution in [0.15, 0.2) is 52.9 Å². The largest absolute Gasteiger partial charge is 0.494 e. The monoisotopic (exact) mass is 280 g/mol. The van der Waals surface area contributed by atoms with E-state index in [0.717, 1.165) is 16.5 Å². The molecule has 0 bridgehead atoms. The fourth-order valence-corrected chi connectivity index (χ4v) is 2.36. The summed E-state index contributed by atoms with van der Waals surface area (Å²) in [6.45, 7) is 4.45. The van der Waals surface area contributed by atoms with Crippen LogP contribution in [0, 0.1) is 6.92 Å². The van der Waals surface area contributed by atoms with Crippen LogP contribution in [-0.4, -0.2) is 12.4 Å². The molecule has 0 radical (unpaired) electrons. The number of ketones is 1. The van der Waals surface area contributed by atoms with Gasteiger partial charge in [-0.15, -0.1) is 0 Å². The van der Waals surface area contributed by atoms with Crippen molar-refractivity contribution in [2.24, 2.45) is 0 Å². The minimum absolute atomic E-state index is 0.132. The van der Waals surface area contributed by atoms with Gasteiger partial charge < -0.3 is 9.15 Å². The first-order valence-electron chi connectivity index (χ1n) is 6.96. The van der Waals surface area contributed by atoms with E-state index in [0.29, 0.717) is 23.7 Å². The Balaban J connectivity index is 2.00. The van der Waals surface area contributed by atoms with Crippen molar-refractivity contribution in [3.05, 3.63) is 65.4 Å². The smallest absolute Gasteiger partial charge is 0.228 e. The first kappa shape index (κ1) is 13.4. The highest BCUT2D eigenvalue weighted by molar-refractivity contribution is 6.09. The lowest BCUT2D eigenvalue weighted by molar-refractivity contribution is 0.101. The highest BCUT2D eigenvalue weighted by atomic mass is 16.5. The number of benzene rings is 2. The zero-order chi connectivity index (χ0) is 14.8. The molecule has 0 saturated carbocycles. The summed E-state index contributed by atoms with van der Waals surface area (Å²) in [7, 11) is 0. The van der Waals surface area contributed by atoms with Crippen LogP contribution < -0.4 is 4.74 Å². The average Bonchev–Trinajstić information content (AvgIpc) is 2.93. The first-order valence-corrected chi connectivity index (χ1v) is 6.96. The second-order valence-corrected chi connectivity index (χ2v) is 4.89. The van der Waals surface area contributed by atoms with Crippen molar-refractivity contribution in [1.29, 1.82) is 0 Å². The van der Waals surface area contributed by atoms with Crippen LogP contribution in [0.3, 0.4) is 0 Å². The summed E-state index contributed by atoms with van der Waals surface area (Å²) in [6.07, 6.45) is 0. The highest BCUT2D eigenvalue weighted by Gasteiger charge is 2.15. The fourth-order valence-electron chi connectivity index (χ4n) is 2.36. The van der Waals surface area contributed by atoms with Crippen molar-refractivity contribution in [3.8, 4) is 5.75 Å². The minimum Gasteiger partial charge on any atom is -0.494 e. The van der Waals surface area contributed by atoms with E-state index in [9.17, 15) is 4.79 Å². The Morgan fingerprint density at radius 3 is 2.71 bits per heavy atom. The molecule has 0 N–H and O–H groups in total. The Labute approximate surface area is 123 Å². The molecule has 106 valence electrons. The third-order valence-electron chi connectivity index (χ3n) is 3.37. The maximum Gasteiger partial charge on any atom is 0.228 e. The Bertz CT molecular complexity index is 799. The molecule has 1 aromatic heterocycles. The summed E-state index contributed by atoms with van der Waals surface area (Å²) in [6, 6.07) is 14.8. The molecular formula is C18H16O3. The van der Waals surface area contributed by atoms with Gasteiger partial charge in [-0.2, -0.15) is 0 Å². The number of carbonyl (C=O) groups is 1. The van der Waals surface area contributed by atoms with Crippen molar-refractivity contribution >= 4 is 16.8 Å². The third-order valence-corrected chi connectivity index (χ3v) is 3.37. The molecule has 0 unspecified atom stereocenters. The van der Waals surface area contributed by atoms with Crippen LogP contribution in [0.2, 0.25) is 0 Å². The van der Waals surface area contributed by atoms with E-state index < -0.39 is 0 Å². The molecular weight excluding hydrogens is 264 g/mol. The maximum absolute atomic E-state index is 12.5. The molecule has 1 heterocycles. The number of fused-ring (bicyclic) bond motifs is 1. The van der Waals surface area contributed by atoms with Crippen LogP contribution in [0.4, 0.5) is 0 Å². The summed E-state index contributed by atoms with van der Waals surface area (Å²) >= 11 is 0. The molecule has 21 heavy (non-hydrogen) atoms. The van der Waals surface area contributed by atoms with E-state index in [-0.39, 0.29) is 5.78 Å². The van der Waals surface area contributed by atoms with Gasteiger partial charge in [0.15, 0.2) is 5.76 Å². The number of aryl methyl sites for hydroxylation is 1. The number of carbonyl (C=O) groups excluding carboxylic acids is 1. The summed E-state index contributed by atoms with van der Waals surface area (Å²) in [5.41, 5.74) is 2.36. The van der Waals surface area contributed by atoms with Gasteiger partial charge in [-0.05, 0) is 37.6 Å². The average molecular weight is 280 g/mol. The number of furan rings is 1. The van der Waals surface area contributed by atoms with Gasteiger partial charge >= 0.3 is 0 Å². The predicted octanol–water partition coefficient (Wildman–Crippen LogP) is 4.37. The zero-order valence-corrected chi connectivity index (χ0v) is 12.1. The molecule has 0 atom stereocenters. The Hall–Kier alpha value is -2.55. The molecule has 3 aromatic rings. The van der Waals surface area contributed by atoms with E-state index in [4.69, 9.17) is 9.15 Å². The van der Waals surface area contributed by atoms with Crippen molar-refractivity contribution in [1.82, 2.24) is 0 Å². The predicted molar refractivity (Wildman–Crippen MR) is 82.0 cm³/mol. The minimum atomic E-state index is -0.132.